The van der Waals surface area contributed by atoms with Crippen LogP contribution in [0.15, 0.2) is 24.3 Å². The minimum absolute atomic E-state index is 0.251. The van der Waals surface area contributed by atoms with E-state index in [0.717, 1.165) is 22.9 Å². The number of halogens is 3. The average molecular weight is 319 g/mol. The molecule has 0 fully saturated rings. The van der Waals surface area contributed by atoms with Crippen molar-refractivity contribution in [2.45, 2.75) is 18.9 Å². The van der Waals surface area contributed by atoms with Gasteiger partial charge in [-0.25, -0.2) is 0 Å². The summed E-state index contributed by atoms with van der Waals surface area (Å²) in [5.74, 6) is 0. The van der Waals surface area contributed by atoms with Gasteiger partial charge < -0.3 is 5.32 Å². The Morgan fingerprint density at radius 3 is 2.61 bits per heavy atom. The topological polar surface area (TPSA) is 12.0 Å². The lowest BCUT2D eigenvalue weighted by Crippen LogP contribution is -2.07. The molecule has 0 spiro atoms. The lowest BCUT2D eigenvalue weighted by Gasteiger charge is -2.16. The molecule has 0 aliphatic heterocycles. The Labute approximate surface area is 125 Å². The van der Waals surface area contributed by atoms with Crippen molar-refractivity contribution in [2.75, 3.05) is 5.32 Å². The van der Waals surface area contributed by atoms with Gasteiger partial charge >= 0.3 is 0 Å². The first-order chi connectivity index (χ1) is 8.65. The van der Waals surface area contributed by atoms with E-state index in [1.807, 2.05) is 24.3 Å². The van der Waals surface area contributed by atoms with Crippen LogP contribution in [-0.4, -0.2) is 0 Å². The van der Waals surface area contributed by atoms with Crippen molar-refractivity contribution in [3.05, 3.63) is 49.1 Å². The molecule has 1 aliphatic rings. The van der Waals surface area contributed by atoms with Crippen molar-refractivity contribution in [2.24, 2.45) is 0 Å². The van der Waals surface area contributed by atoms with Crippen LogP contribution in [0.3, 0.4) is 0 Å². The van der Waals surface area contributed by atoms with Crippen molar-refractivity contribution < 1.29 is 0 Å². The molecule has 0 radical (unpaired) electrons. The minimum Gasteiger partial charge on any atom is -0.376 e. The van der Waals surface area contributed by atoms with Gasteiger partial charge in [-0.3, -0.25) is 0 Å². The highest BCUT2D eigenvalue weighted by Gasteiger charge is 2.25. The number of thiophene rings is 1. The van der Waals surface area contributed by atoms with Crippen LogP contribution in [0.25, 0.3) is 0 Å². The Hall–Kier alpha value is -0.410. The third-order valence-corrected chi connectivity index (χ3v) is 5.10. The van der Waals surface area contributed by atoms with E-state index in [0.29, 0.717) is 10.0 Å². The summed E-state index contributed by atoms with van der Waals surface area (Å²) in [7, 11) is 0. The molecule has 1 aliphatic carbocycles. The summed E-state index contributed by atoms with van der Waals surface area (Å²) in [6.07, 6.45) is 2.12. The van der Waals surface area contributed by atoms with Crippen LogP contribution >= 0.6 is 46.1 Å². The molecule has 18 heavy (non-hydrogen) atoms. The van der Waals surface area contributed by atoms with Crippen LogP contribution in [0.4, 0.5) is 5.69 Å². The zero-order valence-electron chi connectivity index (χ0n) is 9.34. The Kier molecular flexibility index (Phi) is 3.46. The van der Waals surface area contributed by atoms with E-state index in [4.69, 9.17) is 34.8 Å². The summed E-state index contributed by atoms with van der Waals surface area (Å²) in [5.41, 5.74) is 2.09. The molecule has 3 rings (SSSR count). The van der Waals surface area contributed by atoms with Gasteiger partial charge in [-0.15, -0.1) is 11.3 Å². The molecule has 1 heterocycles. The fourth-order valence-corrected chi connectivity index (χ4v) is 4.15. The van der Waals surface area contributed by atoms with Crippen LogP contribution < -0.4 is 5.32 Å². The predicted octanol–water partition coefficient (Wildman–Crippen LogP) is 5.81. The van der Waals surface area contributed by atoms with Crippen molar-refractivity contribution in [3.8, 4) is 0 Å². The third-order valence-electron chi connectivity index (χ3n) is 3.13. The van der Waals surface area contributed by atoms with Crippen LogP contribution in [0.2, 0.25) is 14.4 Å². The van der Waals surface area contributed by atoms with Gasteiger partial charge in [0.2, 0.25) is 0 Å². The summed E-state index contributed by atoms with van der Waals surface area (Å²) >= 11 is 20.0. The summed E-state index contributed by atoms with van der Waals surface area (Å²) in [4.78, 5) is 1.36. The molecule has 0 bridgehead atoms. The first-order valence-electron chi connectivity index (χ1n) is 5.64. The first-order valence-corrected chi connectivity index (χ1v) is 7.59. The van der Waals surface area contributed by atoms with E-state index >= 15 is 0 Å². The monoisotopic (exact) mass is 317 g/mol. The second-order valence-electron chi connectivity index (χ2n) is 4.26. The smallest absolute Gasteiger partial charge is 0.0934 e. The number of rotatable bonds is 2. The lowest BCUT2D eigenvalue weighted by molar-refractivity contribution is 0.762. The van der Waals surface area contributed by atoms with Crippen molar-refractivity contribution in [3.63, 3.8) is 0 Å². The quantitative estimate of drug-likeness (QED) is 0.737. The fourth-order valence-electron chi connectivity index (χ4n) is 2.29. The number of fused-ring (bicyclic) bond motifs is 1. The third kappa shape index (κ3) is 2.23. The van der Waals surface area contributed by atoms with E-state index in [9.17, 15) is 0 Å². The molecule has 1 aromatic carbocycles. The number of hydrogen-bond donors (Lipinski definition) is 1. The first kappa shape index (κ1) is 12.6. The molecule has 0 amide bonds. The molecular weight excluding hydrogens is 309 g/mol. The average Bonchev–Trinajstić information content (AvgIpc) is 2.84. The molecular formula is C13H10Cl3NS. The second-order valence-corrected chi connectivity index (χ2v) is 6.84. The predicted molar refractivity (Wildman–Crippen MR) is 80.5 cm³/mol. The number of para-hydroxylation sites is 1. The highest BCUT2D eigenvalue weighted by molar-refractivity contribution is 7.16. The standard InChI is InChI=1S/C13H10Cl3NS/c14-8-2-1-3-9(15)13(8)17-10-4-5-11-7(10)6-12(16)18-11/h1-3,6,10,17H,4-5H2. The zero-order chi connectivity index (χ0) is 12.7. The maximum absolute atomic E-state index is 6.17. The maximum Gasteiger partial charge on any atom is 0.0934 e. The van der Waals surface area contributed by atoms with Gasteiger partial charge in [-0.2, -0.15) is 0 Å². The van der Waals surface area contributed by atoms with Gasteiger partial charge in [-0.05, 0) is 36.6 Å². The van der Waals surface area contributed by atoms with E-state index < -0.39 is 0 Å². The largest absolute Gasteiger partial charge is 0.376 e. The second kappa shape index (κ2) is 4.93. The molecule has 2 aromatic rings. The van der Waals surface area contributed by atoms with Crippen LogP contribution in [-0.2, 0) is 6.42 Å². The van der Waals surface area contributed by atoms with Gasteiger partial charge in [0, 0.05) is 4.88 Å². The normalized spacial score (nSPS) is 17.8. The summed E-state index contributed by atoms with van der Waals surface area (Å²) in [6.45, 7) is 0. The molecule has 0 saturated heterocycles. The van der Waals surface area contributed by atoms with Gasteiger partial charge in [-0.1, -0.05) is 40.9 Å². The molecule has 1 nitrogen and oxygen atoms in total. The maximum atomic E-state index is 6.17. The van der Waals surface area contributed by atoms with Crippen molar-refractivity contribution in [1.29, 1.82) is 0 Å². The van der Waals surface area contributed by atoms with Crippen LogP contribution in [0.5, 0.6) is 0 Å². The molecule has 1 unspecified atom stereocenters. The number of hydrogen-bond acceptors (Lipinski definition) is 2. The SMILES string of the molecule is Clc1cc2c(s1)CCC2Nc1c(Cl)cccc1Cl. The highest BCUT2D eigenvalue weighted by atomic mass is 35.5. The Morgan fingerprint density at radius 1 is 1.17 bits per heavy atom. The molecule has 1 aromatic heterocycles. The van der Waals surface area contributed by atoms with Crippen LogP contribution in [0, 0.1) is 0 Å². The summed E-state index contributed by atoms with van der Waals surface area (Å²) in [6, 6.07) is 7.81. The Morgan fingerprint density at radius 2 is 1.89 bits per heavy atom. The van der Waals surface area contributed by atoms with Crippen molar-refractivity contribution in [1.82, 2.24) is 0 Å². The molecule has 1 N–H and O–H groups in total. The van der Waals surface area contributed by atoms with E-state index in [-0.39, 0.29) is 6.04 Å². The van der Waals surface area contributed by atoms with Gasteiger partial charge in [0.1, 0.15) is 0 Å². The van der Waals surface area contributed by atoms with Crippen LogP contribution in [0.1, 0.15) is 22.9 Å². The highest BCUT2D eigenvalue weighted by Crippen LogP contribution is 2.42. The van der Waals surface area contributed by atoms with Crippen molar-refractivity contribution >= 4 is 51.8 Å². The molecule has 94 valence electrons. The molecule has 5 heteroatoms. The van der Waals surface area contributed by atoms with E-state index in [1.54, 1.807) is 11.3 Å². The fraction of sp³-hybridized carbons (Fsp3) is 0.231. The number of nitrogens with one attached hydrogen (secondary N) is 1. The number of benzene rings is 1. The number of anilines is 1. The lowest BCUT2D eigenvalue weighted by atomic mass is 10.1. The Balaban J connectivity index is 1.90. The molecule has 1 atom stereocenters. The molecule has 0 saturated carbocycles. The zero-order valence-corrected chi connectivity index (χ0v) is 12.4. The van der Waals surface area contributed by atoms with Gasteiger partial charge in [0.15, 0.2) is 0 Å². The number of aryl methyl sites for hydroxylation is 1. The van der Waals surface area contributed by atoms with E-state index in [2.05, 4.69) is 5.32 Å². The summed E-state index contributed by atoms with van der Waals surface area (Å²) in [5, 5.41) is 4.73. The van der Waals surface area contributed by atoms with Gasteiger partial charge in [0.05, 0.1) is 26.1 Å². The summed E-state index contributed by atoms with van der Waals surface area (Å²) < 4.78 is 0.844. The minimum atomic E-state index is 0.251. The van der Waals surface area contributed by atoms with E-state index in [1.165, 1.54) is 10.4 Å². The Bertz CT molecular complexity index is 574. The van der Waals surface area contributed by atoms with Gasteiger partial charge in [0.25, 0.3) is 0 Å².